The van der Waals surface area contributed by atoms with E-state index in [-0.39, 0.29) is 30.6 Å². The van der Waals surface area contributed by atoms with E-state index in [1.165, 1.54) is 24.2 Å². The smallest absolute Gasteiger partial charge is 0.260 e. The van der Waals surface area contributed by atoms with Crippen LogP contribution in [0.1, 0.15) is 48.8 Å². The number of nitrogens with zero attached hydrogens (tertiary/aromatic N) is 6. The molecular formula is C26H30N8O3S. The molecule has 0 spiro atoms. The molecule has 2 N–H and O–H groups in total. The highest BCUT2D eigenvalue weighted by atomic mass is 32.1. The van der Waals surface area contributed by atoms with Crippen LogP contribution in [-0.2, 0) is 9.53 Å². The highest BCUT2D eigenvalue weighted by Gasteiger charge is 2.26. The van der Waals surface area contributed by atoms with Gasteiger partial charge in [0.05, 0.1) is 70.9 Å². The Bertz CT molecular complexity index is 1490. The zero-order valence-electron chi connectivity index (χ0n) is 21.5. The number of anilines is 2. The normalized spacial score (nSPS) is 20.1. The first-order valence-electron chi connectivity index (χ1n) is 12.8. The Hall–Kier alpha value is -3.61. The molecule has 2 unspecified atom stereocenters. The molecule has 0 aromatic carbocycles. The lowest BCUT2D eigenvalue weighted by atomic mass is 10.2. The summed E-state index contributed by atoms with van der Waals surface area (Å²) in [4.78, 5) is 34.1. The number of morpholine rings is 1. The summed E-state index contributed by atoms with van der Waals surface area (Å²) in [6.45, 7) is 7.51. The van der Waals surface area contributed by atoms with Gasteiger partial charge in [0.1, 0.15) is 4.83 Å². The van der Waals surface area contributed by atoms with Gasteiger partial charge in [-0.15, -0.1) is 11.3 Å². The number of aromatic nitrogens is 5. The highest BCUT2D eigenvalue weighted by Crippen LogP contribution is 2.36. The second-order valence-corrected chi connectivity index (χ2v) is 11.2. The molecule has 4 aromatic heterocycles. The number of thiazole rings is 1. The maximum Gasteiger partial charge on any atom is 0.260 e. The molecule has 1 saturated carbocycles. The van der Waals surface area contributed by atoms with E-state index in [4.69, 9.17) is 4.74 Å². The van der Waals surface area contributed by atoms with E-state index in [0.29, 0.717) is 41.8 Å². The monoisotopic (exact) mass is 534 g/mol. The Morgan fingerprint density at radius 3 is 2.63 bits per heavy atom. The number of nitrogens with one attached hydrogen (secondary N) is 2. The number of carbonyl (C=O) groups excluding carboxylic acids is 2. The fourth-order valence-corrected chi connectivity index (χ4v) is 5.85. The summed E-state index contributed by atoms with van der Waals surface area (Å²) in [6.07, 6.45) is 11.5. The third kappa shape index (κ3) is 5.19. The number of hydrogen-bond donors (Lipinski definition) is 2. The number of aryl methyl sites for hydroxylation is 1. The molecule has 2 atom stereocenters. The molecule has 198 valence electrons. The molecule has 1 saturated heterocycles. The molecule has 1 aliphatic heterocycles. The zero-order valence-corrected chi connectivity index (χ0v) is 22.4. The average Bonchev–Trinajstić information content (AvgIpc) is 3.25. The van der Waals surface area contributed by atoms with Crippen molar-refractivity contribution < 1.29 is 14.3 Å². The van der Waals surface area contributed by atoms with Gasteiger partial charge < -0.3 is 15.4 Å². The number of fused-ring (bicyclic) bond motifs is 1. The molecule has 1 aliphatic carbocycles. The van der Waals surface area contributed by atoms with Gasteiger partial charge in [-0.3, -0.25) is 24.2 Å². The minimum Gasteiger partial charge on any atom is -0.373 e. The lowest BCUT2D eigenvalue weighted by molar-refractivity contribution is -0.121. The lowest BCUT2D eigenvalue weighted by Crippen LogP contribution is -2.48. The molecule has 2 amide bonds. The summed E-state index contributed by atoms with van der Waals surface area (Å²) in [5.41, 5.74) is 3.19. The Kier molecular flexibility index (Phi) is 6.46. The molecule has 11 nitrogen and oxygen atoms in total. The molecule has 12 heteroatoms. The third-order valence-electron chi connectivity index (χ3n) is 6.73. The average molecular weight is 535 g/mol. The van der Waals surface area contributed by atoms with Crippen LogP contribution < -0.4 is 10.6 Å². The van der Waals surface area contributed by atoms with Crippen molar-refractivity contribution in [3.63, 3.8) is 0 Å². The Balaban J connectivity index is 1.14. The largest absolute Gasteiger partial charge is 0.373 e. The van der Waals surface area contributed by atoms with E-state index in [0.717, 1.165) is 15.3 Å². The van der Waals surface area contributed by atoms with Crippen LogP contribution in [-0.4, -0.2) is 72.9 Å². The van der Waals surface area contributed by atoms with E-state index in [1.54, 1.807) is 23.0 Å². The maximum absolute atomic E-state index is 13.2. The molecule has 5 heterocycles. The quantitative estimate of drug-likeness (QED) is 0.372. The summed E-state index contributed by atoms with van der Waals surface area (Å²) in [5.74, 6) is -0.421. The van der Waals surface area contributed by atoms with Gasteiger partial charge in [-0.25, -0.2) is 4.52 Å². The third-order valence-corrected chi connectivity index (χ3v) is 7.89. The van der Waals surface area contributed by atoms with E-state index >= 15 is 0 Å². The van der Waals surface area contributed by atoms with E-state index < -0.39 is 0 Å². The van der Waals surface area contributed by atoms with Crippen molar-refractivity contribution in [3.8, 4) is 10.4 Å². The van der Waals surface area contributed by atoms with Crippen LogP contribution in [0, 0.1) is 6.92 Å². The van der Waals surface area contributed by atoms with Crippen LogP contribution in [0.4, 0.5) is 11.4 Å². The van der Waals surface area contributed by atoms with Crippen molar-refractivity contribution in [2.45, 2.75) is 51.9 Å². The summed E-state index contributed by atoms with van der Waals surface area (Å²) < 4.78 is 9.47. The van der Waals surface area contributed by atoms with Gasteiger partial charge in [0.2, 0.25) is 5.91 Å². The van der Waals surface area contributed by atoms with Gasteiger partial charge in [-0.1, -0.05) is 0 Å². The zero-order chi connectivity index (χ0) is 26.4. The molecule has 6 rings (SSSR count). The Morgan fingerprint density at radius 2 is 1.87 bits per heavy atom. The molecule has 4 aromatic rings. The predicted octanol–water partition coefficient (Wildman–Crippen LogP) is 3.60. The van der Waals surface area contributed by atoms with Gasteiger partial charge in [0.15, 0.2) is 0 Å². The molecule has 2 fully saturated rings. The van der Waals surface area contributed by atoms with Crippen molar-refractivity contribution in [1.82, 2.24) is 29.3 Å². The van der Waals surface area contributed by atoms with Crippen molar-refractivity contribution in [3.05, 3.63) is 48.3 Å². The summed E-state index contributed by atoms with van der Waals surface area (Å²) >= 11 is 1.50. The van der Waals surface area contributed by atoms with Gasteiger partial charge in [-0.05, 0) is 39.7 Å². The SMILES string of the molecule is Cc1ncc(NC(=O)CN2CC(C)OC(C)C2)cc1NC(=O)c1cnn2cc(-c3cnn(C4CC4)c3)sc12. The number of amides is 2. The second-order valence-electron chi connectivity index (χ2n) is 10.2. The summed E-state index contributed by atoms with van der Waals surface area (Å²) in [5, 5.41) is 14.7. The molecule has 0 radical (unpaired) electrons. The van der Waals surface area contributed by atoms with Crippen LogP contribution in [0.25, 0.3) is 15.3 Å². The first-order valence-corrected chi connectivity index (χ1v) is 13.6. The number of rotatable bonds is 7. The van der Waals surface area contributed by atoms with Crippen molar-refractivity contribution in [1.29, 1.82) is 0 Å². The Labute approximate surface area is 223 Å². The van der Waals surface area contributed by atoms with Crippen LogP contribution >= 0.6 is 11.3 Å². The highest BCUT2D eigenvalue weighted by molar-refractivity contribution is 7.21. The number of carbonyl (C=O) groups is 2. The fourth-order valence-electron chi connectivity index (χ4n) is 4.81. The van der Waals surface area contributed by atoms with Gasteiger partial charge in [-0.2, -0.15) is 10.2 Å². The molecule has 38 heavy (non-hydrogen) atoms. The minimum atomic E-state index is -0.285. The van der Waals surface area contributed by atoms with Gasteiger partial charge in [0.25, 0.3) is 5.91 Å². The fraction of sp³-hybridized carbons (Fsp3) is 0.423. The molecule has 0 bridgehead atoms. The van der Waals surface area contributed by atoms with Crippen molar-refractivity contribution in [2.24, 2.45) is 0 Å². The minimum absolute atomic E-state index is 0.0876. The van der Waals surface area contributed by atoms with E-state index in [9.17, 15) is 9.59 Å². The van der Waals surface area contributed by atoms with Crippen LogP contribution in [0.5, 0.6) is 0 Å². The summed E-state index contributed by atoms with van der Waals surface area (Å²) in [6, 6.07) is 2.24. The van der Waals surface area contributed by atoms with Gasteiger partial charge in [0, 0.05) is 31.0 Å². The Morgan fingerprint density at radius 1 is 1.08 bits per heavy atom. The van der Waals surface area contributed by atoms with Crippen molar-refractivity contribution >= 4 is 39.4 Å². The lowest BCUT2D eigenvalue weighted by Gasteiger charge is -2.34. The standard InChI is InChI=1S/C26H30N8O3S/c1-15-10-32(11-16(2)37-15)14-24(35)30-19-6-22(17(3)27-8-19)31-25(36)21-9-29-34-13-23(38-26(21)34)18-7-28-33(12-18)20-4-5-20/h6-9,12-13,15-16,20H,4-5,10-11,14H2,1-3H3,(H,30,35)(H,31,36). The number of ether oxygens (including phenoxy) is 1. The van der Waals surface area contributed by atoms with E-state index in [2.05, 4.69) is 36.9 Å². The molecular weight excluding hydrogens is 504 g/mol. The molecule has 2 aliphatic rings. The summed E-state index contributed by atoms with van der Waals surface area (Å²) in [7, 11) is 0. The van der Waals surface area contributed by atoms with E-state index in [1.807, 2.05) is 37.8 Å². The van der Waals surface area contributed by atoms with Crippen LogP contribution in [0.2, 0.25) is 0 Å². The second kappa shape index (κ2) is 9.93. The van der Waals surface area contributed by atoms with Gasteiger partial charge >= 0.3 is 0 Å². The maximum atomic E-state index is 13.2. The van der Waals surface area contributed by atoms with Crippen LogP contribution in [0.15, 0.2) is 37.1 Å². The first-order chi connectivity index (χ1) is 18.3. The van der Waals surface area contributed by atoms with Crippen LogP contribution in [0.3, 0.4) is 0 Å². The predicted molar refractivity (Wildman–Crippen MR) is 145 cm³/mol. The first kappa shape index (κ1) is 24.7. The number of pyridine rings is 1. The topological polar surface area (TPSA) is 119 Å². The number of hydrogen-bond acceptors (Lipinski definition) is 8. The van der Waals surface area contributed by atoms with Crippen molar-refractivity contribution in [2.75, 3.05) is 30.3 Å².